The lowest BCUT2D eigenvalue weighted by Gasteiger charge is -2.26. The lowest BCUT2D eigenvalue weighted by molar-refractivity contribution is -0.123. The molecule has 1 saturated heterocycles. The number of benzene rings is 2. The average Bonchev–Trinajstić information content (AvgIpc) is 3.21. The Labute approximate surface area is 177 Å². The minimum atomic E-state index is -3.48. The number of hydrogen-bond acceptors (Lipinski definition) is 3. The molecule has 2 aromatic carbocycles. The van der Waals surface area contributed by atoms with Crippen molar-refractivity contribution in [3.8, 4) is 0 Å². The molecule has 2 heterocycles. The van der Waals surface area contributed by atoms with Crippen molar-refractivity contribution in [1.29, 1.82) is 0 Å². The van der Waals surface area contributed by atoms with E-state index in [0.29, 0.717) is 24.5 Å². The fourth-order valence-electron chi connectivity index (χ4n) is 3.95. The van der Waals surface area contributed by atoms with Crippen molar-refractivity contribution >= 4 is 26.8 Å². The Bertz CT molecular complexity index is 1130. The molecule has 1 aliphatic heterocycles. The molecule has 0 unspecified atom stereocenters. The van der Waals surface area contributed by atoms with Crippen LogP contribution in [0, 0.1) is 0 Å². The maximum absolute atomic E-state index is 13.0. The molecule has 3 aromatic rings. The predicted molar refractivity (Wildman–Crippen MR) is 118 cm³/mol. The van der Waals surface area contributed by atoms with Gasteiger partial charge in [0.15, 0.2) is 0 Å². The van der Waals surface area contributed by atoms with Gasteiger partial charge in [0.25, 0.3) is 0 Å². The number of rotatable bonds is 6. The molecule has 0 saturated carbocycles. The van der Waals surface area contributed by atoms with Gasteiger partial charge in [-0.05, 0) is 49.6 Å². The van der Waals surface area contributed by atoms with Crippen LogP contribution < -0.4 is 5.32 Å². The van der Waals surface area contributed by atoms with E-state index in [1.165, 1.54) is 0 Å². The number of nitrogens with one attached hydrogen (secondary N) is 1. The number of carbonyl (C=O) groups excluding carboxylic acids is 1. The van der Waals surface area contributed by atoms with Crippen molar-refractivity contribution in [1.82, 2.24) is 14.2 Å². The summed E-state index contributed by atoms with van der Waals surface area (Å²) in [5, 5.41) is 3.78. The maximum Gasteiger partial charge on any atom is 0.243 e. The molecule has 1 fully saturated rings. The Morgan fingerprint density at radius 2 is 1.77 bits per heavy atom. The molecular formula is C23H27N3O3S. The first-order valence-electron chi connectivity index (χ1n) is 10.4. The molecule has 30 heavy (non-hydrogen) atoms. The zero-order chi connectivity index (χ0) is 21.1. The minimum absolute atomic E-state index is 0.0821. The topological polar surface area (TPSA) is 71.4 Å². The molecule has 1 aliphatic rings. The summed E-state index contributed by atoms with van der Waals surface area (Å²) >= 11 is 0. The molecular weight excluding hydrogens is 398 g/mol. The number of sulfonamides is 1. The number of amides is 1. The van der Waals surface area contributed by atoms with Gasteiger partial charge in [0.2, 0.25) is 15.9 Å². The van der Waals surface area contributed by atoms with Crippen LogP contribution in [0.25, 0.3) is 10.9 Å². The van der Waals surface area contributed by atoms with E-state index in [-0.39, 0.29) is 5.91 Å². The molecule has 6 nitrogen and oxygen atoms in total. The van der Waals surface area contributed by atoms with Gasteiger partial charge in [-0.3, -0.25) is 4.79 Å². The second kappa shape index (κ2) is 8.62. The summed E-state index contributed by atoms with van der Waals surface area (Å²) in [7, 11) is -3.48. The van der Waals surface area contributed by atoms with E-state index >= 15 is 0 Å². The molecule has 0 radical (unpaired) electrons. The van der Waals surface area contributed by atoms with Gasteiger partial charge in [-0.1, -0.05) is 36.8 Å². The van der Waals surface area contributed by atoms with Crippen molar-refractivity contribution in [3.05, 3.63) is 66.4 Å². The molecule has 0 spiro atoms. The molecule has 1 aromatic heterocycles. The summed E-state index contributed by atoms with van der Waals surface area (Å²) in [5.41, 5.74) is 1.89. The van der Waals surface area contributed by atoms with Crippen molar-refractivity contribution in [2.75, 3.05) is 13.1 Å². The Morgan fingerprint density at radius 1 is 1.03 bits per heavy atom. The van der Waals surface area contributed by atoms with E-state index in [9.17, 15) is 13.2 Å². The lowest BCUT2D eigenvalue weighted by Crippen LogP contribution is -2.35. The van der Waals surface area contributed by atoms with E-state index in [0.717, 1.165) is 35.7 Å². The highest BCUT2D eigenvalue weighted by Crippen LogP contribution is 2.26. The van der Waals surface area contributed by atoms with Gasteiger partial charge in [-0.15, -0.1) is 0 Å². The smallest absolute Gasteiger partial charge is 0.243 e. The van der Waals surface area contributed by atoms with E-state index in [1.54, 1.807) is 22.5 Å². The Hall–Kier alpha value is -2.64. The minimum Gasteiger partial charge on any atom is -0.350 e. The number of hydrogen-bond donors (Lipinski definition) is 1. The molecule has 1 amide bonds. The molecule has 4 rings (SSSR count). The average molecular weight is 426 g/mol. The van der Waals surface area contributed by atoms with E-state index in [1.807, 2.05) is 54.1 Å². The monoisotopic (exact) mass is 425 g/mol. The van der Waals surface area contributed by atoms with E-state index < -0.39 is 16.1 Å². The second-order valence-corrected chi connectivity index (χ2v) is 9.73. The Morgan fingerprint density at radius 3 is 2.50 bits per heavy atom. The highest BCUT2D eigenvalue weighted by atomic mass is 32.2. The van der Waals surface area contributed by atoms with Crippen molar-refractivity contribution < 1.29 is 13.2 Å². The van der Waals surface area contributed by atoms with Crippen LogP contribution in [0.4, 0.5) is 0 Å². The summed E-state index contributed by atoms with van der Waals surface area (Å²) < 4.78 is 29.4. The molecule has 0 bridgehead atoms. The van der Waals surface area contributed by atoms with Crippen molar-refractivity contribution in [3.63, 3.8) is 0 Å². The quantitative estimate of drug-likeness (QED) is 0.655. The fraction of sp³-hybridized carbons (Fsp3) is 0.348. The van der Waals surface area contributed by atoms with Crippen LogP contribution in [0.2, 0.25) is 0 Å². The first-order valence-corrected chi connectivity index (χ1v) is 11.8. The van der Waals surface area contributed by atoms with Crippen molar-refractivity contribution in [2.45, 2.75) is 43.7 Å². The van der Waals surface area contributed by atoms with Crippen LogP contribution in [-0.4, -0.2) is 36.3 Å². The lowest BCUT2D eigenvalue weighted by atomic mass is 10.2. The molecule has 158 valence electrons. The van der Waals surface area contributed by atoms with Gasteiger partial charge in [0, 0.05) is 36.7 Å². The summed E-state index contributed by atoms with van der Waals surface area (Å²) in [6.45, 7) is 3.49. The van der Waals surface area contributed by atoms with Crippen LogP contribution in [-0.2, 0) is 21.4 Å². The fourth-order valence-corrected chi connectivity index (χ4v) is 5.51. The van der Waals surface area contributed by atoms with E-state index in [4.69, 9.17) is 0 Å². The Kier molecular flexibility index (Phi) is 5.92. The third kappa shape index (κ3) is 4.13. The van der Waals surface area contributed by atoms with E-state index in [2.05, 4.69) is 5.32 Å². The number of nitrogens with zero attached hydrogens (tertiary/aromatic N) is 2. The maximum atomic E-state index is 13.0. The van der Waals surface area contributed by atoms with Gasteiger partial charge in [-0.25, -0.2) is 8.42 Å². The van der Waals surface area contributed by atoms with Gasteiger partial charge in [0.05, 0.1) is 4.90 Å². The zero-order valence-corrected chi connectivity index (χ0v) is 17.9. The highest BCUT2D eigenvalue weighted by molar-refractivity contribution is 7.89. The summed E-state index contributed by atoms with van der Waals surface area (Å²) in [6.07, 6.45) is 4.74. The van der Waals surface area contributed by atoms with Gasteiger partial charge < -0.3 is 9.88 Å². The standard InChI is InChI=1S/C23H27N3O3S/c1-18(23(27)24-17-19-8-4-2-5-9-19)26-15-12-20-16-21(10-11-22(20)26)30(28,29)25-13-6-3-7-14-25/h2,4-5,8-12,15-16,18H,3,6-7,13-14,17H2,1H3,(H,24,27)/t18-/m1/s1. The number of fused-ring (bicyclic) bond motifs is 1. The molecule has 7 heteroatoms. The van der Waals surface area contributed by atoms with Crippen LogP contribution in [0.3, 0.4) is 0 Å². The number of piperidine rings is 1. The van der Waals surface area contributed by atoms with Crippen molar-refractivity contribution in [2.24, 2.45) is 0 Å². The normalized spacial score (nSPS) is 16.4. The van der Waals surface area contributed by atoms with Gasteiger partial charge in [0.1, 0.15) is 6.04 Å². The van der Waals surface area contributed by atoms with Gasteiger partial charge in [-0.2, -0.15) is 4.31 Å². The largest absolute Gasteiger partial charge is 0.350 e. The third-order valence-electron chi connectivity index (χ3n) is 5.75. The molecule has 0 aliphatic carbocycles. The Balaban J connectivity index is 1.52. The predicted octanol–water partition coefficient (Wildman–Crippen LogP) is 3.69. The molecule has 1 atom stereocenters. The van der Waals surface area contributed by atoms with Crippen LogP contribution in [0.15, 0.2) is 65.7 Å². The third-order valence-corrected chi connectivity index (χ3v) is 7.65. The summed E-state index contributed by atoms with van der Waals surface area (Å²) in [6, 6.07) is 16.4. The van der Waals surface area contributed by atoms with Crippen LogP contribution in [0.5, 0.6) is 0 Å². The number of aromatic nitrogens is 1. The SMILES string of the molecule is C[C@H](C(=O)NCc1ccccc1)n1ccc2cc(S(=O)(=O)N3CCCCC3)ccc21. The highest BCUT2D eigenvalue weighted by Gasteiger charge is 2.26. The molecule has 1 N–H and O–H groups in total. The van der Waals surface area contributed by atoms with Gasteiger partial charge >= 0.3 is 0 Å². The van der Waals surface area contributed by atoms with Crippen LogP contribution in [0.1, 0.15) is 37.8 Å². The first-order chi connectivity index (χ1) is 14.5. The summed E-state index contributed by atoms with van der Waals surface area (Å²) in [4.78, 5) is 13.0. The second-order valence-electron chi connectivity index (χ2n) is 7.79. The zero-order valence-electron chi connectivity index (χ0n) is 17.1. The summed E-state index contributed by atoms with van der Waals surface area (Å²) in [5.74, 6) is -0.0821. The van der Waals surface area contributed by atoms with Crippen LogP contribution >= 0.6 is 0 Å². The number of carbonyl (C=O) groups is 1. The first kappa shape index (κ1) is 20.6.